The van der Waals surface area contributed by atoms with E-state index in [9.17, 15) is 0 Å². The first-order valence-electron chi connectivity index (χ1n) is 11.1. The predicted molar refractivity (Wildman–Crippen MR) is 130 cm³/mol. The van der Waals surface area contributed by atoms with E-state index in [1.165, 1.54) is 5.56 Å². The van der Waals surface area contributed by atoms with Crippen molar-refractivity contribution in [2.24, 2.45) is 0 Å². The summed E-state index contributed by atoms with van der Waals surface area (Å²) < 4.78 is 10.1. The molecule has 0 atom stereocenters. The molecule has 0 amide bonds. The molecule has 32 heavy (non-hydrogen) atoms. The van der Waals surface area contributed by atoms with Crippen LogP contribution in [0.15, 0.2) is 67.3 Å². The SMILES string of the molecule is Cc1cn(COCC[Si](C)(C)C)c(-c2cc(-c3c[nH][n+](Cc4ccccc4)c3)ccn2)n1. The van der Waals surface area contributed by atoms with E-state index in [4.69, 9.17) is 9.72 Å². The van der Waals surface area contributed by atoms with Crippen LogP contribution >= 0.6 is 0 Å². The molecule has 0 spiro atoms. The maximum Gasteiger partial charge on any atom is 0.203 e. The third-order valence-corrected chi connectivity index (χ3v) is 7.03. The maximum absolute atomic E-state index is 5.97. The molecule has 6 nitrogen and oxygen atoms in total. The van der Waals surface area contributed by atoms with Crippen LogP contribution < -0.4 is 4.68 Å². The average Bonchev–Trinajstić information content (AvgIpc) is 3.38. The standard InChI is InChI=1S/C25H31N5OSi/c1-20-16-29(19-31-12-13-32(2,3)4)25(28-20)24-14-22(10-11-26-24)23-15-27-30(18-23)17-21-8-6-5-7-9-21/h5-11,14-16,18H,12-13,17,19H2,1-4H3/p+1. The van der Waals surface area contributed by atoms with Gasteiger partial charge in [0.15, 0.2) is 12.4 Å². The zero-order valence-electron chi connectivity index (χ0n) is 19.4. The van der Waals surface area contributed by atoms with E-state index in [2.05, 4.69) is 75.5 Å². The summed E-state index contributed by atoms with van der Waals surface area (Å²) in [6.07, 6.45) is 8.03. The lowest BCUT2D eigenvalue weighted by molar-refractivity contribution is -0.742. The number of H-pyrrole nitrogens is 1. The third-order valence-electron chi connectivity index (χ3n) is 5.32. The zero-order chi connectivity index (χ0) is 22.6. The van der Waals surface area contributed by atoms with Crippen LogP contribution in [-0.2, 0) is 18.0 Å². The highest BCUT2D eigenvalue weighted by molar-refractivity contribution is 6.76. The van der Waals surface area contributed by atoms with E-state index in [1.54, 1.807) is 0 Å². The molecule has 0 aliphatic carbocycles. The quantitative estimate of drug-likeness (QED) is 0.226. The number of rotatable bonds is 9. The summed E-state index contributed by atoms with van der Waals surface area (Å²) in [5, 5.41) is 3.33. The number of ether oxygens (including phenoxy) is 1. The van der Waals surface area contributed by atoms with Gasteiger partial charge in [0, 0.05) is 32.6 Å². The number of nitrogens with one attached hydrogen (secondary N) is 1. The van der Waals surface area contributed by atoms with Gasteiger partial charge in [-0.3, -0.25) is 4.98 Å². The molecule has 166 valence electrons. The molecule has 0 aliphatic heterocycles. The van der Waals surface area contributed by atoms with Crippen LogP contribution in [0.1, 0.15) is 11.3 Å². The van der Waals surface area contributed by atoms with Crippen LogP contribution in [0.2, 0.25) is 25.7 Å². The molecule has 0 saturated heterocycles. The third kappa shape index (κ3) is 5.81. The van der Waals surface area contributed by atoms with Crippen molar-refractivity contribution in [2.75, 3.05) is 6.61 Å². The van der Waals surface area contributed by atoms with Gasteiger partial charge in [0.1, 0.15) is 12.4 Å². The summed E-state index contributed by atoms with van der Waals surface area (Å²) in [6, 6.07) is 15.7. The fraction of sp³-hybridized carbons (Fsp3) is 0.320. The number of hydrogen-bond donors (Lipinski definition) is 1. The van der Waals surface area contributed by atoms with Crippen molar-refractivity contribution in [1.82, 2.24) is 19.6 Å². The Bertz CT molecular complexity index is 1160. The Morgan fingerprint density at radius 2 is 1.91 bits per heavy atom. The Labute approximate surface area is 190 Å². The van der Waals surface area contributed by atoms with Crippen LogP contribution in [0.25, 0.3) is 22.6 Å². The summed E-state index contributed by atoms with van der Waals surface area (Å²) >= 11 is 0. The monoisotopic (exact) mass is 446 g/mol. The molecular formula is C25H32N5OSi+. The molecule has 1 N–H and O–H groups in total. The normalized spacial score (nSPS) is 11.8. The Balaban J connectivity index is 1.50. The van der Waals surface area contributed by atoms with Crippen molar-refractivity contribution < 1.29 is 9.42 Å². The molecular weight excluding hydrogens is 414 g/mol. The van der Waals surface area contributed by atoms with Gasteiger partial charge in [-0.15, -0.1) is 4.68 Å². The van der Waals surface area contributed by atoms with Crippen molar-refractivity contribution in [1.29, 1.82) is 0 Å². The smallest absolute Gasteiger partial charge is 0.203 e. The van der Waals surface area contributed by atoms with E-state index in [0.717, 1.165) is 47.5 Å². The first kappa shape index (κ1) is 22.2. The highest BCUT2D eigenvalue weighted by Crippen LogP contribution is 2.23. The molecule has 3 heterocycles. The van der Waals surface area contributed by atoms with E-state index in [1.807, 2.05) is 37.6 Å². The summed E-state index contributed by atoms with van der Waals surface area (Å²) in [6.45, 7) is 11.2. The second kappa shape index (κ2) is 9.63. The number of imidazole rings is 1. The largest absolute Gasteiger partial charge is 0.361 e. The molecule has 1 aromatic carbocycles. The lowest BCUT2D eigenvalue weighted by atomic mass is 10.1. The summed E-state index contributed by atoms with van der Waals surface area (Å²) in [7, 11) is -1.10. The molecule has 4 aromatic rings. The van der Waals surface area contributed by atoms with Gasteiger partial charge >= 0.3 is 0 Å². The molecule has 0 bridgehead atoms. The van der Waals surface area contributed by atoms with Gasteiger partial charge in [-0.25, -0.2) is 4.98 Å². The number of pyridine rings is 1. The van der Waals surface area contributed by atoms with E-state index >= 15 is 0 Å². The number of hydrogen-bond acceptors (Lipinski definition) is 3. The molecule has 0 aliphatic rings. The zero-order valence-corrected chi connectivity index (χ0v) is 20.4. The van der Waals surface area contributed by atoms with E-state index in [0.29, 0.717) is 6.73 Å². The van der Waals surface area contributed by atoms with Crippen molar-refractivity contribution in [3.05, 3.63) is 78.5 Å². The van der Waals surface area contributed by atoms with Crippen LogP contribution in [0.3, 0.4) is 0 Å². The maximum atomic E-state index is 5.97. The Morgan fingerprint density at radius 3 is 2.69 bits per heavy atom. The second-order valence-corrected chi connectivity index (χ2v) is 15.0. The topological polar surface area (TPSA) is 59.6 Å². The van der Waals surface area contributed by atoms with Gasteiger partial charge in [-0.1, -0.05) is 50.0 Å². The second-order valence-electron chi connectivity index (χ2n) is 9.42. The molecule has 7 heteroatoms. The molecule has 0 fully saturated rings. The van der Waals surface area contributed by atoms with Crippen molar-refractivity contribution >= 4 is 8.07 Å². The van der Waals surface area contributed by atoms with Gasteiger partial charge < -0.3 is 9.30 Å². The minimum Gasteiger partial charge on any atom is -0.361 e. The average molecular weight is 447 g/mol. The van der Waals surface area contributed by atoms with Crippen molar-refractivity contribution in [3.63, 3.8) is 0 Å². The molecule has 0 unspecified atom stereocenters. The van der Waals surface area contributed by atoms with Gasteiger partial charge in [0.25, 0.3) is 0 Å². The van der Waals surface area contributed by atoms with Crippen LogP contribution in [0, 0.1) is 6.92 Å². The van der Waals surface area contributed by atoms with E-state index in [-0.39, 0.29) is 0 Å². The highest BCUT2D eigenvalue weighted by atomic mass is 28.3. The number of aryl methyl sites for hydroxylation is 1. The van der Waals surface area contributed by atoms with Crippen LogP contribution in [0.5, 0.6) is 0 Å². The number of benzene rings is 1. The molecule has 0 radical (unpaired) electrons. The summed E-state index contributed by atoms with van der Waals surface area (Å²) in [5.74, 6) is 0.838. The van der Waals surface area contributed by atoms with Gasteiger partial charge in [-0.2, -0.15) is 5.10 Å². The first-order valence-corrected chi connectivity index (χ1v) is 14.8. The van der Waals surface area contributed by atoms with Gasteiger partial charge in [0.2, 0.25) is 6.20 Å². The molecule has 3 aromatic heterocycles. The first-order chi connectivity index (χ1) is 15.4. The number of nitrogens with zero attached hydrogens (tertiary/aromatic N) is 4. The summed E-state index contributed by atoms with van der Waals surface area (Å²) in [4.78, 5) is 9.32. The Kier molecular flexibility index (Phi) is 6.67. The lowest BCUT2D eigenvalue weighted by Crippen LogP contribution is -2.35. The number of aromatic amines is 1. The lowest BCUT2D eigenvalue weighted by Gasteiger charge is -2.16. The molecule has 4 rings (SSSR count). The Morgan fingerprint density at radius 1 is 1.09 bits per heavy atom. The highest BCUT2D eigenvalue weighted by Gasteiger charge is 2.15. The Hall–Kier alpha value is -3.03. The fourth-order valence-corrected chi connectivity index (χ4v) is 4.30. The van der Waals surface area contributed by atoms with Crippen molar-refractivity contribution in [3.8, 4) is 22.6 Å². The fourth-order valence-electron chi connectivity index (χ4n) is 3.55. The molecule has 0 saturated carbocycles. The van der Waals surface area contributed by atoms with E-state index < -0.39 is 8.07 Å². The number of aromatic nitrogens is 5. The van der Waals surface area contributed by atoms with Crippen molar-refractivity contribution in [2.45, 2.75) is 45.9 Å². The van der Waals surface area contributed by atoms with Gasteiger partial charge in [0.05, 0.1) is 17.5 Å². The minimum atomic E-state index is -1.10. The van der Waals surface area contributed by atoms with Gasteiger partial charge in [-0.05, 0) is 30.7 Å². The summed E-state index contributed by atoms with van der Waals surface area (Å²) in [5.41, 5.74) is 5.28. The minimum absolute atomic E-state index is 0.494. The van der Waals surface area contributed by atoms with Crippen LogP contribution in [0.4, 0.5) is 0 Å². The van der Waals surface area contributed by atoms with Crippen LogP contribution in [-0.4, -0.2) is 34.3 Å². The predicted octanol–water partition coefficient (Wildman–Crippen LogP) is 4.90.